The minimum atomic E-state index is -0.444. The third kappa shape index (κ3) is 2.73. The van der Waals surface area contributed by atoms with E-state index in [0.29, 0.717) is 6.54 Å². The van der Waals surface area contributed by atoms with Crippen LogP contribution < -0.4 is 11.1 Å². The highest BCUT2D eigenvalue weighted by molar-refractivity contribution is 5.85. The highest BCUT2D eigenvalue weighted by Crippen LogP contribution is 2.45. The number of amides is 1. The predicted octanol–water partition coefficient (Wildman–Crippen LogP) is 1.51. The Morgan fingerprint density at radius 3 is 2.79 bits per heavy atom. The average molecular weight is 263 g/mol. The Morgan fingerprint density at radius 2 is 2.26 bits per heavy atom. The first kappa shape index (κ1) is 13.5. The zero-order chi connectivity index (χ0) is 14.0. The number of nitro groups is 1. The van der Waals surface area contributed by atoms with Crippen LogP contribution in [0.15, 0.2) is 24.3 Å². The lowest BCUT2D eigenvalue weighted by Crippen LogP contribution is -2.37. The molecule has 1 aliphatic rings. The number of nitrogens with one attached hydrogen (secondary N) is 1. The van der Waals surface area contributed by atoms with Gasteiger partial charge in [0.1, 0.15) is 0 Å². The van der Waals surface area contributed by atoms with E-state index in [4.69, 9.17) is 5.73 Å². The van der Waals surface area contributed by atoms with Crippen molar-refractivity contribution < 1.29 is 9.72 Å². The number of hydrogen-bond acceptors (Lipinski definition) is 4. The third-order valence-corrected chi connectivity index (χ3v) is 3.65. The highest BCUT2D eigenvalue weighted by atomic mass is 16.6. The van der Waals surface area contributed by atoms with Gasteiger partial charge in [-0.15, -0.1) is 0 Å². The van der Waals surface area contributed by atoms with Gasteiger partial charge in [-0.25, -0.2) is 0 Å². The number of carbonyl (C=O) groups is 1. The molecule has 2 rings (SSSR count). The normalized spacial score (nSPS) is 17.6. The number of rotatable bonds is 5. The zero-order valence-electron chi connectivity index (χ0n) is 10.8. The summed E-state index contributed by atoms with van der Waals surface area (Å²) in [6.07, 6.45) is 1.63. The van der Waals surface area contributed by atoms with E-state index in [0.717, 1.165) is 18.4 Å². The Hall–Kier alpha value is -1.95. The second-order valence-corrected chi connectivity index (χ2v) is 5.03. The Kier molecular flexibility index (Phi) is 3.53. The van der Waals surface area contributed by atoms with Crippen LogP contribution in [0.4, 0.5) is 5.69 Å². The van der Waals surface area contributed by atoms with E-state index in [1.807, 2.05) is 6.92 Å². The molecule has 0 bridgehead atoms. The summed E-state index contributed by atoms with van der Waals surface area (Å²) >= 11 is 0. The van der Waals surface area contributed by atoms with Crippen LogP contribution in [-0.4, -0.2) is 17.4 Å². The summed E-state index contributed by atoms with van der Waals surface area (Å²) in [5.41, 5.74) is 5.93. The van der Waals surface area contributed by atoms with Gasteiger partial charge in [0.2, 0.25) is 5.91 Å². The molecule has 1 aliphatic carbocycles. The molecule has 0 aliphatic heterocycles. The summed E-state index contributed by atoms with van der Waals surface area (Å²) in [6.45, 7) is 2.16. The standard InChI is InChI=1S/C13H17N3O3/c1-9(15-12(17)13(8-14)5-6-13)10-3-2-4-11(7-10)16(18)19/h2-4,7,9H,5-6,8,14H2,1H3,(H,15,17). The van der Waals surface area contributed by atoms with Gasteiger partial charge in [-0.1, -0.05) is 12.1 Å². The van der Waals surface area contributed by atoms with Crippen molar-refractivity contribution in [1.82, 2.24) is 5.32 Å². The number of nitrogens with two attached hydrogens (primary N) is 1. The van der Waals surface area contributed by atoms with Gasteiger partial charge >= 0.3 is 0 Å². The first-order valence-electron chi connectivity index (χ1n) is 6.24. The molecule has 0 aromatic heterocycles. The van der Waals surface area contributed by atoms with Crippen molar-refractivity contribution in [3.63, 3.8) is 0 Å². The van der Waals surface area contributed by atoms with Crippen LogP contribution >= 0.6 is 0 Å². The van der Waals surface area contributed by atoms with Crippen molar-refractivity contribution >= 4 is 11.6 Å². The Bertz CT molecular complexity index is 512. The van der Waals surface area contributed by atoms with Crippen LogP contribution in [0.1, 0.15) is 31.4 Å². The van der Waals surface area contributed by atoms with Gasteiger partial charge in [0.25, 0.3) is 5.69 Å². The van der Waals surface area contributed by atoms with E-state index in [9.17, 15) is 14.9 Å². The maximum Gasteiger partial charge on any atom is 0.269 e. The predicted molar refractivity (Wildman–Crippen MR) is 70.4 cm³/mol. The van der Waals surface area contributed by atoms with Crippen molar-refractivity contribution in [2.24, 2.45) is 11.1 Å². The fraction of sp³-hybridized carbons (Fsp3) is 0.462. The molecule has 1 aromatic carbocycles. The average Bonchev–Trinajstić information content (AvgIpc) is 3.19. The molecule has 1 unspecified atom stereocenters. The van der Waals surface area contributed by atoms with Gasteiger partial charge in [-0.05, 0) is 25.3 Å². The largest absolute Gasteiger partial charge is 0.349 e. The molecule has 6 heteroatoms. The van der Waals surface area contributed by atoms with Gasteiger partial charge < -0.3 is 11.1 Å². The van der Waals surface area contributed by atoms with Crippen LogP contribution in [0.5, 0.6) is 0 Å². The lowest BCUT2D eigenvalue weighted by Gasteiger charge is -2.18. The Labute approximate surface area is 111 Å². The van der Waals surface area contributed by atoms with E-state index in [-0.39, 0.29) is 17.6 Å². The number of carbonyl (C=O) groups excluding carboxylic acids is 1. The SMILES string of the molecule is CC(NC(=O)C1(CN)CC1)c1cccc([N+](=O)[O-])c1. The molecule has 3 N–H and O–H groups in total. The smallest absolute Gasteiger partial charge is 0.269 e. The minimum Gasteiger partial charge on any atom is -0.349 e. The molecule has 0 radical (unpaired) electrons. The molecular weight excluding hydrogens is 246 g/mol. The Morgan fingerprint density at radius 1 is 1.58 bits per heavy atom. The lowest BCUT2D eigenvalue weighted by atomic mass is 10.0. The van der Waals surface area contributed by atoms with Crippen LogP contribution in [0, 0.1) is 15.5 Å². The first-order chi connectivity index (χ1) is 8.98. The molecule has 1 saturated carbocycles. The van der Waals surface area contributed by atoms with Crippen LogP contribution in [0.2, 0.25) is 0 Å². The molecule has 0 spiro atoms. The lowest BCUT2D eigenvalue weighted by molar-refractivity contribution is -0.384. The van der Waals surface area contributed by atoms with E-state index in [1.165, 1.54) is 12.1 Å². The van der Waals surface area contributed by atoms with Gasteiger partial charge in [-0.3, -0.25) is 14.9 Å². The van der Waals surface area contributed by atoms with Crippen molar-refractivity contribution in [2.45, 2.75) is 25.8 Å². The van der Waals surface area contributed by atoms with Crippen molar-refractivity contribution in [3.8, 4) is 0 Å². The molecule has 1 fully saturated rings. The molecular formula is C13H17N3O3. The molecule has 0 saturated heterocycles. The van der Waals surface area contributed by atoms with Gasteiger partial charge in [0, 0.05) is 18.7 Å². The molecule has 1 amide bonds. The summed E-state index contributed by atoms with van der Waals surface area (Å²) in [5.74, 6) is -0.0611. The monoisotopic (exact) mass is 263 g/mol. The van der Waals surface area contributed by atoms with Crippen molar-refractivity contribution in [3.05, 3.63) is 39.9 Å². The van der Waals surface area contributed by atoms with E-state index in [1.54, 1.807) is 12.1 Å². The first-order valence-corrected chi connectivity index (χ1v) is 6.24. The van der Waals surface area contributed by atoms with Gasteiger partial charge in [-0.2, -0.15) is 0 Å². The van der Waals surface area contributed by atoms with Crippen LogP contribution in [-0.2, 0) is 4.79 Å². The summed E-state index contributed by atoms with van der Waals surface area (Å²) in [4.78, 5) is 22.3. The van der Waals surface area contributed by atoms with Crippen molar-refractivity contribution in [1.29, 1.82) is 0 Å². The molecule has 6 nitrogen and oxygen atoms in total. The zero-order valence-corrected chi connectivity index (χ0v) is 10.8. The maximum atomic E-state index is 12.0. The second kappa shape index (κ2) is 4.97. The quantitative estimate of drug-likeness (QED) is 0.621. The van der Waals surface area contributed by atoms with E-state index < -0.39 is 10.3 Å². The van der Waals surface area contributed by atoms with Crippen molar-refractivity contribution in [2.75, 3.05) is 6.54 Å². The fourth-order valence-corrected chi connectivity index (χ4v) is 2.02. The number of non-ortho nitro benzene ring substituents is 1. The van der Waals surface area contributed by atoms with Crippen LogP contribution in [0.25, 0.3) is 0 Å². The topological polar surface area (TPSA) is 98.3 Å². The minimum absolute atomic E-state index is 0.0264. The number of nitro benzene ring substituents is 1. The highest BCUT2D eigenvalue weighted by Gasteiger charge is 2.48. The second-order valence-electron chi connectivity index (χ2n) is 5.03. The fourth-order valence-electron chi connectivity index (χ4n) is 2.02. The third-order valence-electron chi connectivity index (χ3n) is 3.65. The van der Waals surface area contributed by atoms with Gasteiger partial charge in [0.15, 0.2) is 0 Å². The molecule has 19 heavy (non-hydrogen) atoms. The molecule has 1 aromatic rings. The number of benzene rings is 1. The molecule has 102 valence electrons. The maximum absolute atomic E-state index is 12.0. The summed E-state index contributed by atoms with van der Waals surface area (Å²) in [7, 11) is 0. The summed E-state index contributed by atoms with van der Waals surface area (Å²) in [5, 5.41) is 13.6. The summed E-state index contributed by atoms with van der Waals surface area (Å²) in [6, 6.07) is 6.02. The number of hydrogen-bond donors (Lipinski definition) is 2. The number of nitrogens with zero attached hydrogens (tertiary/aromatic N) is 1. The molecule has 0 heterocycles. The van der Waals surface area contributed by atoms with E-state index in [2.05, 4.69) is 5.32 Å². The van der Waals surface area contributed by atoms with E-state index >= 15 is 0 Å². The van der Waals surface area contributed by atoms with Gasteiger partial charge in [0.05, 0.1) is 16.4 Å². The summed E-state index contributed by atoms with van der Waals surface area (Å²) < 4.78 is 0. The Balaban J connectivity index is 2.07. The van der Waals surface area contributed by atoms with Crippen LogP contribution in [0.3, 0.4) is 0 Å². The molecule has 1 atom stereocenters.